The van der Waals surface area contributed by atoms with Crippen molar-refractivity contribution in [3.63, 3.8) is 0 Å². The average molecular weight is 279 g/mol. The molecule has 2 nitrogen and oxygen atoms in total. The van der Waals surface area contributed by atoms with Gasteiger partial charge in [-0.3, -0.25) is 4.79 Å². The van der Waals surface area contributed by atoms with E-state index >= 15 is 0 Å². The van der Waals surface area contributed by atoms with Crippen LogP contribution in [0.2, 0.25) is 0 Å². The first-order valence-electron chi connectivity index (χ1n) is 7.58. The molecule has 0 unspecified atom stereocenters. The van der Waals surface area contributed by atoms with Crippen LogP contribution in [-0.4, -0.2) is 18.9 Å². The maximum atomic E-state index is 12.6. The molecule has 0 saturated heterocycles. The monoisotopic (exact) mass is 279 g/mol. The van der Waals surface area contributed by atoms with Gasteiger partial charge in [-0.25, -0.2) is 0 Å². The van der Waals surface area contributed by atoms with E-state index in [4.69, 9.17) is 0 Å². The number of ketones is 1. The molecule has 0 bridgehead atoms. The summed E-state index contributed by atoms with van der Waals surface area (Å²) in [7, 11) is 0. The molecule has 1 heterocycles. The largest absolute Gasteiger partial charge is 0.364 e. The third kappa shape index (κ3) is 2.85. The Balaban J connectivity index is 1.84. The third-order valence-corrected chi connectivity index (χ3v) is 4.23. The number of carbonyl (C=O) groups is 1. The van der Waals surface area contributed by atoms with Crippen molar-refractivity contribution in [2.24, 2.45) is 0 Å². The van der Waals surface area contributed by atoms with Gasteiger partial charge in [0.1, 0.15) is 0 Å². The van der Waals surface area contributed by atoms with Gasteiger partial charge in [-0.1, -0.05) is 42.0 Å². The van der Waals surface area contributed by atoms with Crippen LogP contribution in [0.4, 0.5) is 5.69 Å². The Morgan fingerprint density at radius 3 is 2.76 bits per heavy atom. The lowest BCUT2D eigenvalue weighted by atomic mass is 9.98. The van der Waals surface area contributed by atoms with E-state index in [1.165, 1.54) is 16.8 Å². The van der Waals surface area contributed by atoms with E-state index in [1.807, 2.05) is 31.2 Å². The molecular formula is C19H21NO. The number of anilines is 1. The van der Waals surface area contributed by atoms with E-state index in [2.05, 4.69) is 30.0 Å². The summed E-state index contributed by atoms with van der Waals surface area (Å²) >= 11 is 0. The summed E-state index contributed by atoms with van der Waals surface area (Å²) in [5.41, 5.74) is 5.80. The van der Waals surface area contributed by atoms with Crippen LogP contribution in [0.25, 0.3) is 0 Å². The molecule has 0 atom stereocenters. The summed E-state index contributed by atoms with van der Waals surface area (Å²) in [6, 6.07) is 14.4. The predicted octanol–water partition coefficient (Wildman–Crippen LogP) is 3.94. The summed E-state index contributed by atoms with van der Waals surface area (Å²) in [5.74, 6) is 0.210. The summed E-state index contributed by atoms with van der Waals surface area (Å²) in [5, 5.41) is 0. The van der Waals surface area contributed by atoms with E-state index in [1.54, 1.807) is 0 Å². The zero-order valence-electron chi connectivity index (χ0n) is 12.7. The highest BCUT2D eigenvalue weighted by molar-refractivity contribution is 6.00. The Bertz CT molecular complexity index is 675. The summed E-state index contributed by atoms with van der Waals surface area (Å²) in [6.45, 7) is 5.56. The molecule has 0 aromatic heterocycles. The van der Waals surface area contributed by atoms with Crippen molar-refractivity contribution < 1.29 is 4.79 Å². The summed E-state index contributed by atoms with van der Waals surface area (Å²) in [4.78, 5) is 14.8. The van der Waals surface area contributed by atoms with Crippen molar-refractivity contribution in [1.82, 2.24) is 0 Å². The quantitative estimate of drug-likeness (QED) is 0.793. The van der Waals surface area contributed by atoms with Gasteiger partial charge >= 0.3 is 0 Å². The number of carbonyl (C=O) groups excluding carboxylic acids is 1. The van der Waals surface area contributed by atoms with Gasteiger partial charge in [-0.15, -0.1) is 0 Å². The number of aryl methyl sites for hydroxylation is 3. The zero-order valence-corrected chi connectivity index (χ0v) is 12.7. The van der Waals surface area contributed by atoms with Crippen LogP contribution in [-0.2, 0) is 6.42 Å². The van der Waals surface area contributed by atoms with Crippen molar-refractivity contribution >= 4 is 11.5 Å². The second-order valence-corrected chi connectivity index (χ2v) is 5.90. The second kappa shape index (κ2) is 5.72. The Hall–Kier alpha value is -2.09. The van der Waals surface area contributed by atoms with E-state index in [9.17, 15) is 4.79 Å². The van der Waals surface area contributed by atoms with Crippen molar-refractivity contribution in [3.05, 3.63) is 64.7 Å². The fourth-order valence-electron chi connectivity index (χ4n) is 3.11. The summed E-state index contributed by atoms with van der Waals surface area (Å²) in [6.07, 6.45) is 2.24. The van der Waals surface area contributed by atoms with Crippen LogP contribution in [0.15, 0.2) is 42.5 Å². The van der Waals surface area contributed by atoms with Crippen LogP contribution in [0.5, 0.6) is 0 Å². The predicted molar refractivity (Wildman–Crippen MR) is 87.2 cm³/mol. The zero-order chi connectivity index (χ0) is 14.8. The molecular weight excluding hydrogens is 258 g/mol. The SMILES string of the molecule is Cc1ccc2c(c1)CCCN2CC(=O)c1ccccc1C. The van der Waals surface area contributed by atoms with Gasteiger partial charge in [-0.2, -0.15) is 0 Å². The second-order valence-electron chi connectivity index (χ2n) is 5.90. The number of nitrogens with zero attached hydrogens (tertiary/aromatic N) is 1. The molecule has 0 fully saturated rings. The number of rotatable bonds is 3. The first-order valence-corrected chi connectivity index (χ1v) is 7.58. The smallest absolute Gasteiger partial charge is 0.182 e. The standard InChI is InChI=1S/C19H21NO/c1-14-9-10-18-16(12-14)7-5-11-20(18)13-19(21)17-8-4-3-6-15(17)2/h3-4,6,8-10,12H,5,7,11,13H2,1-2H3. The minimum atomic E-state index is 0.210. The third-order valence-electron chi connectivity index (χ3n) is 4.23. The molecule has 0 N–H and O–H groups in total. The molecule has 2 heteroatoms. The molecule has 21 heavy (non-hydrogen) atoms. The van der Waals surface area contributed by atoms with Gasteiger partial charge in [0.25, 0.3) is 0 Å². The number of hydrogen-bond acceptors (Lipinski definition) is 2. The van der Waals surface area contributed by atoms with Crippen LogP contribution >= 0.6 is 0 Å². The minimum absolute atomic E-state index is 0.210. The molecule has 0 spiro atoms. The molecule has 0 radical (unpaired) electrons. The highest BCUT2D eigenvalue weighted by Crippen LogP contribution is 2.28. The number of benzene rings is 2. The van der Waals surface area contributed by atoms with Gasteiger partial charge in [0.05, 0.1) is 6.54 Å². The molecule has 2 aromatic rings. The van der Waals surface area contributed by atoms with Gasteiger partial charge in [0.15, 0.2) is 5.78 Å². The van der Waals surface area contributed by atoms with E-state index in [0.717, 1.165) is 30.5 Å². The van der Waals surface area contributed by atoms with Crippen LogP contribution in [0, 0.1) is 13.8 Å². The normalized spacial score (nSPS) is 13.9. The van der Waals surface area contributed by atoms with Crippen molar-refractivity contribution in [2.75, 3.05) is 18.0 Å². The van der Waals surface area contributed by atoms with Crippen LogP contribution in [0.3, 0.4) is 0 Å². The highest BCUT2D eigenvalue weighted by atomic mass is 16.1. The fraction of sp³-hybridized carbons (Fsp3) is 0.316. The van der Waals surface area contributed by atoms with Crippen LogP contribution < -0.4 is 4.90 Å². The molecule has 0 amide bonds. The van der Waals surface area contributed by atoms with Gasteiger partial charge in [0.2, 0.25) is 0 Å². The highest BCUT2D eigenvalue weighted by Gasteiger charge is 2.20. The first-order chi connectivity index (χ1) is 10.1. The molecule has 0 saturated carbocycles. The maximum Gasteiger partial charge on any atom is 0.182 e. The lowest BCUT2D eigenvalue weighted by Gasteiger charge is -2.31. The molecule has 2 aromatic carbocycles. The average Bonchev–Trinajstić information content (AvgIpc) is 2.47. The van der Waals surface area contributed by atoms with Crippen molar-refractivity contribution in [3.8, 4) is 0 Å². The Labute approximate surface area is 126 Å². The summed E-state index contributed by atoms with van der Waals surface area (Å²) < 4.78 is 0. The lowest BCUT2D eigenvalue weighted by Crippen LogP contribution is -2.34. The number of hydrogen-bond donors (Lipinski definition) is 0. The van der Waals surface area contributed by atoms with E-state index < -0.39 is 0 Å². The number of fused-ring (bicyclic) bond motifs is 1. The minimum Gasteiger partial charge on any atom is -0.364 e. The van der Waals surface area contributed by atoms with Gasteiger partial charge in [0, 0.05) is 17.8 Å². The molecule has 3 rings (SSSR count). The van der Waals surface area contributed by atoms with Crippen LogP contribution in [0.1, 0.15) is 33.5 Å². The lowest BCUT2D eigenvalue weighted by molar-refractivity contribution is 0.0998. The van der Waals surface area contributed by atoms with Gasteiger partial charge in [-0.05, 0) is 43.9 Å². The molecule has 108 valence electrons. The van der Waals surface area contributed by atoms with Crippen molar-refractivity contribution in [2.45, 2.75) is 26.7 Å². The molecule has 1 aliphatic rings. The first kappa shape index (κ1) is 13.9. The van der Waals surface area contributed by atoms with Gasteiger partial charge < -0.3 is 4.90 Å². The molecule has 0 aliphatic carbocycles. The fourth-order valence-corrected chi connectivity index (χ4v) is 3.11. The molecule has 1 aliphatic heterocycles. The van der Waals surface area contributed by atoms with E-state index in [-0.39, 0.29) is 5.78 Å². The Morgan fingerprint density at radius 2 is 1.95 bits per heavy atom. The Kier molecular flexibility index (Phi) is 3.78. The number of Topliss-reactive ketones (excluding diaryl/α,β-unsaturated/α-hetero) is 1. The van der Waals surface area contributed by atoms with Crippen molar-refractivity contribution in [1.29, 1.82) is 0 Å². The Morgan fingerprint density at radius 1 is 1.14 bits per heavy atom. The topological polar surface area (TPSA) is 20.3 Å². The maximum absolute atomic E-state index is 12.6. The van der Waals surface area contributed by atoms with E-state index in [0.29, 0.717) is 6.54 Å².